The molecule has 3 rings (SSSR count). The summed E-state index contributed by atoms with van der Waals surface area (Å²) >= 11 is 0. The first-order chi connectivity index (χ1) is 15.0. The van der Waals surface area contributed by atoms with Crippen LogP contribution >= 0.6 is 0 Å². The number of carbonyl (C=O) groups excluding carboxylic acids is 3. The average molecular weight is 420 g/mol. The number of carbonyl (C=O) groups is 3. The van der Waals surface area contributed by atoms with E-state index in [0.29, 0.717) is 35.1 Å². The lowest BCUT2D eigenvalue weighted by molar-refractivity contribution is -0.122. The number of nitrogens with zero attached hydrogens (tertiary/aromatic N) is 1. The fraction of sp³-hybridized carbons (Fsp3) is 0.174. The van der Waals surface area contributed by atoms with Crippen LogP contribution in [0.1, 0.15) is 12.5 Å². The molecular weight excluding hydrogens is 400 g/mol. The van der Waals surface area contributed by atoms with Gasteiger partial charge in [-0.25, -0.2) is 9.69 Å². The van der Waals surface area contributed by atoms with E-state index in [9.17, 15) is 14.4 Å². The molecule has 1 aliphatic heterocycles. The lowest BCUT2D eigenvalue weighted by atomic mass is 10.1. The summed E-state index contributed by atoms with van der Waals surface area (Å²) in [5, 5.41) is 2.19. The van der Waals surface area contributed by atoms with Crippen molar-refractivity contribution >= 4 is 29.6 Å². The number of benzene rings is 2. The molecule has 8 nitrogen and oxygen atoms in total. The minimum atomic E-state index is -0.827. The predicted octanol–water partition coefficient (Wildman–Crippen LogP) is 2.77. The summed E-state index contributed by atoms with van der Waals surface area (Å²) in [6.07, 6.45) is 6.58. The zero-order chi connectivity index (χ0) is 22.4. The van der Waals surface area contributed by atoms with Crippen molar-refractivity contribution in [3.8, 4) is 29.6 Å². The van der Waals surface area contributed by atoms with Gasteiger partial charge in [-0.15, -0.1) is 6.42 Å². The Hall–Kier alpha value is -4.25. The summed E-state index contributed by atoms with van der Waals surface area (Å²) in [5.74, 6) is 2.23. The van der Waals surface area contributed by atoms with Crippen LogP contribution in [0, 0.1) is 12.3 Å². The maximum Gasteiger partial charge on any atom is 0.335 e. The SMILES string of the molecule is C#CCOc1ccc(C=C2C(=O)NC(=O)N(c3ccc(OCC)cc3)C2=O)cc1OC. The van der Waals surface area contributed by atoms with Crippen molar-refractivity contribution in [2.45, 2.75) is 6.92 Å². The molecule has 1 saturated heterocycles. The van der Waals surface area contributed by atoms with Gasteiger partial charge in [0.25, 0.3) is 11.8 Å². The van der Waals surface area contributed by atoms with Crippen molar-refractivity contribution in [1.82, 2.24) is 5.32 Å². The third-order valence-electron chi connectivity index (χ3n) is 4.32. The largest absolute Gasteiger partial charge is 0.494 e. The van der Waals surface area contributed by atoms with E-state index < -0.39 is 17.8 Å². The lowest BCUT2D eigenvalue weighted by Gasteiger charge is -2.26. The second kappa shape index (κ2) is 9.50. The van der Waals surface area contributed by atoms with Gasteiger partial charge in [0.1, 0.15) is 17.9 Å². The van der Waals surface area contributed by atoms with Crippen LogP contribution in [0.3, 0.4) is 0 Å². The van der Waals surface area contributed by atoms with E-state index in [4.69, 9.17) is 20.6 Å². The predicted molar refractivity (Wildman–Crippen MR) is 114 cm³/mol. The maximum absolute atomic E-state index is 13.0. The van der Waals surface area contributed by atoms with Crippen LogP contribution in [0.2, 0.25) is 0 Å². The molecule has 0 aliphatic carbocycles. The average Bonchev–Trinajstić information content (AvgIpc) is 2.76. The molecule has 0 aromatic heterocycles. The number of urea groups is 1. The van der Waals surface area contributed by atoms with Crippen molar-refractivity contribution in [2.24, 2.45) is 0 Å². The van der Waals surface area contributed by atoms with Gasteiger partial charge >= 0.3 is 6.03 Å². The molecule has 1 aliphatic rings. The van der Waals surface area contributed by atoms with Gasteiger partial charge in [-0.05, 0) is 55.0 Å². The van der Waals surface area contributed by atoms with Crippen molar-refractivity contribution in [1.29, 1.82) is 0 Å². The quantitative estimate of drug-likeness (QED) is 0.421. The summed E-state index contributed by atoms with van der Waals surface area (Å²) in [6, 6.07) is 10.4. The molecule has 8 heteroatoms. The number of hydrogen-bond donors (Lipinski definition) is 1. The summed E-state index contributed by atoms with van der Waals surface area (Å²) in [5.41, 5.74) is 0.609. The Morgan fingerprint density at radius 2 is 1.81 bits per heavy atom. The van der Waals surface area contributed by atoms with Crippen LogP contribution < -0.4 is 24.4 Å². The second-order valence-electron chi connectivity index (χ2n) is 6.29. The molecule has 158 valence electrons. The number of nitrogens with one attached hydrogen (secondary N) is 1. The highest BCUT2D eigenvalue weighted by Gasteiger charge is 2.36. The second-order valence-corrected chi connectivity index (χ2v) is 6.29. The Kier molecular flexibility index (Phi) is 6.58. The Balaban J connectivity index is 1.92. The molecule has 0 unspecified atom stereocenters. The Morgan fingerprint density at radius 3 is 2.45 bits per heavy atom. The Bertz CT molecular complexity index is 1080. The van der Waals surface area contributed by atoms with Gasteiger partial charge in [0, 0.05) is 0 Å². The van der Waals surface area contributed by atoms with Gasteiger partial charge in [-0.2, -0.15) is 0 Å². The highest BCUT2D eigenvalue weighted by Crippen LogP contribution is 2.30. The van der Waals surface area contributed by atoms with Gasteiger partial charge in [0.05, 0.1) is 19.4 Å². The molecule has 4 amide bonds. The van der Waals surface area contributed by atoms with E-state index in [-0.39, 0.29) is 12.2 Å². The molecule has 1 fully saturated rings. The lowest BCUT2D eigenvalue weighted by Crippen LogP contribution is -2.54. The van der Waals surface area contributed by atoms with E-state index in [1.54, 1.807) is 42.5 Å². The van der Waals surface area contributed by atoms with Crippen LogP contribution in [0.25, 0.3) is 6.08 Å². The first-order valence-electron chi connectivity index (χ1n) is 9.37. The van der Waals surface area contributed by atoms with Gasteiger partial charge in [-0.1, -0.05) is 12.0 Å². The minimum Gasteiger partial charge on any atom is -0.494 e. The zero-order valence-corrected chi connectivity index (χ0v) is 17.0. The van der Waals surface area contributed by atoms with Crippen LogP contribution in [0.5, 0.6) is 17.2 Å². The van der Waals surface area contributed by atoms with E-state index in [0.717, 1.165) is 4.90 Å². The van der Waals surface area contributed by atoms with Gasteiger partial charge in [0.2, 0.25) is 0 Å². The number of anilines is 1. The summed E-state index contributed by atoms with van der Waals surface area (Å²) in [7, 11) is 1.46. The molecule has 0 spiro atoms. The van der Waals surface area contributed by atoms with Crippen LogP contribution in [0.15, 0.2) is 48.0 Å². The highest BCUT2D eigenvalue weighted by molar-refractivity contribution is 6.39. The van der Waals surface area contributed by atoms with E-state index >= 15 is 0 Å². The summed E-state index contributed by atoms with van der Waals surface area (Å²) < 4.78 is 16.0. The Labute approximate surface area is 179 Å². The van der Waals surface area contributed by atoms with E-state index in [1.807, 2.05) is 6.92 Å². The zero-order valence-electron chi connectivity index (χ0n) is 17.0. The fourth-order valence-electron chi connectivity index (χ4n) is 2.93. The number of ether oxygens (including phenoxy) is 3. The molecule has 0 radical (unpaired) electrons. The first kappa shape index (κ1) is 21.5. The molecule has 2 aromatic carbocycles. The number of rotatable bonds is 7. The fourth-order valence-corrected chi connectivity index (χ4v) is 2.93. The molecule has 0 bridgehead atoms. The Morgan fingerprint density at radius 1 is 1.06 bits per heavy atom. The van der Waals surface area contributed by atoms with Crippen LogP contribution in [-0.2, 0) is 9.59 Å². The third-order valence-corrected chi connectivity index (χ3v) is 4.32. The first-order valence-corrected chi connectivity index (χ1v) is 9.37. The number of amides is 4. The summed E-state index contributed by atoms with van der Waals surface area (Å²) in [4.78, 5) is 38.6. The van der Waals surface area contributed by atoms with E-state index in [1.165, 1.54) is 13.2 Å². The van der Waals surface area contributed by atoms with Crippen molar-refractivity contribution < 1.29 is 28.6 Å². The monoisotopic (exact) mass is 420 g/mol. The smallest absolute Gasteiger partial charge is 0.335 e. The van der Waals surface area contributed by atoms with Gasteiger partial charge < -0.3 is 14.2 Å². The molecule has 0 saturated carbocycles. The normalized spacial score (nSPS) is 14.8. The third kappa shape index (κ3) is 4.67. The number of hydrogen-bond acceptors (Lipinski definition) is 6. The van der Waals surface area contributed by atoms with Crippen molar-refractivity contribution in [3.05, 3.63) is 53.6 Å². The minimum absolute atomic E-state index is 0.0663. The number of terminal acetylenes is 1. The van der Waals surface area contributed by atoms with Crippen LogP contribution in [-0.4, -0.2) is 38.2 Å². The van der Waals surface area contributed by atoms with Gasteiger partial charge in [-0.3, -0.25) is 14.9 Å². The van der Waals surface area contributed by atoms with Crippen molar-refractivity contribution in [3.63, 3.8) is 0 Å². The number of methoxy groups -OCH3 is 1. The molecule has 1 heterocycles. The number of barbiturate groups is 1. The number of imide groups is 2. The van der Waals surface area contributed by atoms with Crippen LogP contribution in [0.4, 0.5) is 10.5 Å². The molecule has 0 atom stereocenters. The highest BCUT2D eigenvalue weighted by atomic mass is 16.5. The molecule has 31 heavy (non-hydrogen) atoms. The van der Waals surface area contributed by atoms with Gasteiger partial charge in [0.15, 0.2) is 11.5 Å². The maximum atomic E-state index is 13.0. The topological polar surface area (TPSA) is 94.2 Å². The summed E-state index contributed by atoms with van der Waals surface area (Å²) in [6.45, 7) is 2.40. The van der Waals surface area contributed by atoms with E-state index in [2.05, 4.69) is 11.2 Å². The molecule has 2 aromatic rings. The standard InChI is InChI=1S/C23H20N2O6/c1-4-12-31-19-11-6-15(14-20(19)29-3)13-18-21(26)24-23(28)25(22(18)27)16-7-9-17(10-8-16)30-5-2/h1,6-11,13-14H,5,12H2,2-3H3,(H,24,26,28). The van der Waals surface area contributed by atoms with Crippen molar-refractivity contribution in [2.75, 3.05) is 25.2 Å². The molecule has 1 N–H and O–H groups in total. The molecular formula is C23H20N2O6.